The molecule has 1 saturated carbocycles. The Hall–Kier alpha value is -2.05. The van der Waals surface area contributed by atoms with Gasteiger partial charge in [0.2, 0.25) is 0 Å². The first kappa shape index (κ1) is 15.3. The van der Waals surface area contributed by atoms with Gasteiger partial charge in [-0.15, -0.1) is 0 Å². The average molecular weight is 295 g/mol. The van der Waals surface area contributed by atoms with Gasteiger partial charge in [0.15, 0.2) is 5.78 Å². The maximum absolute atomic E-state index is 12.6. The minimum Gasteiger partial charge on any atom is -0.452 e. The summed E-state index contributed by atoms with van der Waals surface area (Å²) in [5, 5.41) is 0. The summed E-state index contributed by atoms with van der Waals surface area (Å²) in [6.45, 7) is 3.12. The third-order valence-corrected chi connectivity index (χ3v) is 3.99. The SMILES string of the molecule is COC(=O)Nn1c(C(C)=O)c(C)n(C2CCCCC2)c1=O. The average Bonchev–Trinajstić information content (AvgIpc) is 2.71. The fourth-order valence-electron chi connectivity index (χ4n) is 3.04. The number of carbonyl (C=O) groups excluding carboxylic acids is 2. The molecule has 0 bridgehead atoms. The summed E-state index contributed by atoms with van der Waals surface area (Å²) in [4.78, 5) is 35.8. The molecule has 0 spiro atoms. The largest absolute Gasteiger partial charge is 0.452 e. The molecule has 1 N–H and O–H groups in total. The fourth-order valence-corrected chi connectivity index (χ4v) is 3.04. The first-order valence-electron chi connectivity index (χ1n) is 7.17. The standard InChI is InChI=1S/C14H21N3O4/c1-9-12(10(2)18)17(15-13(19)21-3)14(20)16(9)11-7-5-4-6-8-11/h11H,4-8H2,1-3H3,(H,15,19). The summed E-state index contributed by atoms with van der Waals surface area (Å²) >= 11 is 0. The highest BCUT2D eigenvalue weighted by Gasteiger charge is 2.26. The number of nitrogens with one attached hydrogen (secondary N) is 1. The fraction of sp³-hybridized carbons (Fsp3) is 0.643. The number of rotatable bonds is 3. The van der Waals surface area contributed by atoms with Crippen molar-refractivity contribution >= 4 is 11.9 Å². The van der Waals surface area contributed by atoms with Crippen molar-refractivity contribution in [3.8, 4) is 0 Å². The summed E-state index contributed by atoms with van der Waals surface area (Å²) in [5.74, 6) is -0.268. The molecule has 0 atom stereocenters. The molecule has 0 radical (unpaired) electrons. The molecule has 0 aliphatic heterocycles. The summed E-state index contributed by atoms with van der Waals surface area (Å²) in [7, 11) is 1.21. The minimum atomic E-state index is -0.777. The predicted molar refractivity (Wildman–Crippen MR) is 77.3 cm³/mol. The number of ketones is 1. The third kappa shape index (κ3) is 2.86. The quantitative estimate of drug-likeness (QED) is 0.864. The van der Waals surface area contributed by atoms with Crippen LogP contribution in [-0.4, -0.2) is 28.2 Å². The van der Waals surface area contributed by atoms with Gasteiger partial charge >= 0.3 is 11.8 Å². The predicted octanol–water partition coefficient (Wildman–Crippen LogP) is 1.98. The van der Waals surface area contributed by atoms with Crippen molar-refractivity contribution in [1.29, 1.82) is 0 Å². The molecule has 1 aliphatic carbocycles. The third-order valence-electron chi connectivity index (χ3n) is 3.99. The van der Waals surface area contributed by atoms with E-state index in [1.807, 2.05) is 0 Å². The van der Waals surface area contributed by atoms with E-state index in [-0.39, 0.29) is 17.5 Å². The Labute approximate surface area is 122 Å². The second kappa shape index (κ2) is 6.15. The smallest absolute Gasteiger partial charge is 0.426 e. The molecule has 0 saturated heterocycles. The van der Waals surface area contributed by atoms with Gasteiger partial charge in [0.05, 0.1) is 7.11 Å². The van der Waals surface area contributed by atoms with E-state index in [4.69, 9.17) is 0 Å². The summed E-state index contributed by atoms with van der Waals surface area (Å²) in [6, 6.07) is 0.0880. The van der Waals surface area contributed by atoms with Crippen LogP contribution < -0.4 is 11.1 Å². The zero-order valence-corrected chi connectivity index (χ0v) is 12.6. The molecule has 1 heterocycles. The van der Waals surface area contributed by atoms with Gasteiger partial charge in [-0.25, -0.2) is 15.0 Å². The number of amides is 1. The van der Waals surface area contributed by atoms with Gasteiger partial charge < -0.3 is 4.74 Å². The number of ether oxygens (including phenoxy) is 1. The highest BCUT2D eigenvalue weighted by atomic mass is 16.5. The van der Waals surface area contributed by atoms with Gasteiger partial charge in [-0.1, -0.05) is 19.3 Å². The van der Waals surface area contributed by atoms with Crippen LogP contribution in [0.3, 0.4) is 0 Å². The van der Waals surface area contributed by atoms with Crippen molar-refractivity contribution in [2.24, 2.45) is 0 Å². The Morgan fingerprint density at radius 1 is 1.24 bits per heavy atom. The number of carbonyl (C=O) groups is 2. The Kier molecular flexibility index (Phi) is 4.50. The van der Waals surface area contributed by atoms with Crippen molar-refractivity contribution in [3.63, 3.8) is 0 Å². The van der Waals surface area contributed by atoms with Crippen LogP contribution in [0.25, 0.3) is 0 Å². The van der Waals surface area contributed by atoms with Crippen LogP contribution in [-0.2, 0) is 4.74 Å². The number of Topliss-reactive ketones (excluding diaryl/α,β-unsaturated/α-hetero) is 1. The van der Waals surface area contributed by atoms with Gasteiger partial charge in [0.25, 0.3) is 0 Å². The molecule has 1 fully saturated rings. The van der Waals surface area contributed by atoms with Crippen molar-refractivity contribution in [3.05, 3.63) is 21.9 Å². The molecule has 1 amide bonds. The second-order valence-corrected chi connectivity index (χ2v) is 5.37. The van der Waals surface area contributed by atoms with E-state index >= 15 is 0 Å². The zero-order chi connectivity index (χ0) is 15.6. The lowest BCUT2D eigenvalue weighted by Crippen LogP contribution is -2.37. The first-order valence-corrected chi connectivity index (χ1v) is 7.17. The Morgan fingerprint density at radius 2 is 1.86 bits per heavy atom. The van der Waals surface area contributed by atoms with E-state index in [0.29, 0.717) is 5.69 Å². The van der Waals surface area contributed by atoms with E-state index in [1.54, 1.807) is 11.5 Å². The van der Waals surface area contributed by atoms with E-state index in [9.17, 15) is 14.4 Å². The monoisotopic (exact) mass is 295 g/mol. The van der Waals surface area contributed by atoms with Gasteiger partial charge in [0.1, 0.15) is 5.69 Å². The van der Waals surface area contributed by atoms with E-state index in [0.717, 1.165) is 30.4 Å². The van der Waals surface area contributed by atoms with Crippen molar-refractivity contribution in [2.45, 2.75) is 52.0 Å². The van der Waals surface area contributed by atoms with Crippen LogP contribution in [0.1, 0.15) is 61.3 Å². The van der Waals surface area contributed by atoms with Gasteiger partial charge in [0, 0.05) is 18.7 Å². The lowest BCUT2D eigenvalue weighted by Gasteiger charge is -2.23. The number of aromatic nitrogens is 2. The number of nitrogens with zero attached hydrogens (tertiary/aromatic N) is 2. The molecular formula is C14H21N3O4. The van der Waals surface area contributed by atoms with Crippen LogP contribution >= 0.6 is 0 Å². The highest BCUT2D eigenvalue weighted by molar-refractivity contribution is 5.94. The normalized spacial score (nSPS) is 15.8. The second-order valence-electron chi connectivity index (χ2n) is 5.37. The molecule has 2 rings (SSSR count). The van der Waals surface area contributed by atoms with Gasteiger partial charge in [-0.3, -0.25) is 9.36 Å². The topological polar surface area (TPSA) is 82.3 Å². The Morgan fingerprint density at radius 3 is 2.38 bits per heavy atom. The number of methoxy groups -OCH3 is 1. The molecular weight excluding hydrogens is 274 g/mol. The molecule has 1 aliphatic rings. The highest BCUT2D eigenvalue weighted by Crippen LogP contribution is 2.28. The molecule has 7 heteroatoms. The van der Waals surface area contributed by atoms with E-state index in [1.165, 1.54) is 20.5 Å². The number of hydrogen-bond donors (Lipinski definition) is 1. The van der Waals surface area contributed by atoms with Crippen molar-refractivity contribution in [1.82, 2.24) is 9.24 Å². The maximum Gasteiger partial charge on any atom is 0.426 e. The van der Waals surface area contributed by atoms with Crippen LogP contribution in [0.4, 0.5) is 4.79 Å². The van der Waals surface area contributed by atoms with E-state index in [2.05, 4.69) is 10.2 Å². The Balaban J connectivity index is 2.51. The van der Waals surface area contributed by atoms with Crippen molar-refractivity contribution in [2.75, 3.05) is 12.5 Å². The maximum atomic E-state index is 12.6. The van der Waals surface area contributed by atoms with Crippen LogP contribution in [0.15, 0.2) is 4.79 Å². The molecule has 116 valence electrons. The van der Waals surface area contributed by atoms with Crippen LogP contribution in [0.5, 0.6) is 0 Å². The zero-order valence-electron chi connectivity index (χ0n) is 12.6. The number of hydrogen-bond acceptors (Lipinski definition) is 4. The molecule has 0 unspecified atom stereocenters. The van der Waals surface area contributed by atoms with Crippen LogP contribution in [0.2, 0.25) is 0 Å². The minimum absolute atomic E-state index is 0.0880. The van der Waals surface area contributed by atoms with Gasteiger partial charge in [-0.2, -0.15) is 4.68 Å². The first-order chi connectivity index (χ1) is 9.97. The molecule has 21 heavy (non-hydrogen) atoms. The van der Waals surface area contributed by atoms with E-state index < -0.39 is 11.8 Å². The molecule has 0 aromatic carbocycles. The molecule has 1 aromatic heterocycles. The lowest BCUT2D eigenvalue weighted by atomic mass is 9.95. The van der Waals surface area contributed by atoms with Gasteiger partial charge in [-0.05, 0) is 19.8 Å². The Bertz CT molecular complexity index is 608. The number of imidazole rings is 1. The summed E-state index contributed by atoms with van der Waals surface area (Å²) < 4.78 is 7.14. The van der Waals surface area contributed by atoms with Crippen LogP contribution in [0, 0.1) is 6.92 Å². The van der Waals surface area contributed by atoms with Crippen molar-refractivity contribution < 1.29 is 14.3 Å². The summed E-state index contributed by atoms with van der Waals surface area (Å²) in [5.41, 5.74) is 2.72. The summed E-state index contributed by atoms with van der Waals surface area (Å²) in [6.07, 6.45) is 4.37. The molecule has 7 nitrogen and oxygen atoms in total. The lowest BCUT2D eigenvalue weighted by molar-refractivity contribution is 0.100. The molecule has 1 aromatic rings.